The SMILES string of the molecule is O=C(CCc1ncc(-c2ccc(Cl)cc2Cl)o1)NNC(=O)c1cc(Cl)ccc1Cl. The van der Waals surface area contributed by atoms with Crippen molar-refractivity contribution in [3.8, 4) is 11.3 Å². The second-order valence-electron chi connectivity index (χ2n) is 5.87. The first-order valence-corrected chi connectivity index (χ1v) is 9.79. The van der Waals surface area contributed by atoms with Gasteiger partial charge in [-0.3, -0.25) is 20.4 Å². The van der Waals surface area contributed by atoms with Crippen molar-refractivity contribution in [2.45, 2.75) is 12.8 Å². The molecule has 0 aliphatic carbocycles. The number of nitrogens with zero attached hydrogens (tertiary/aromatic N) is 1. The molecule has 0 unspecified atom stereocenters. The zero-order valence-corrected chi connectivity index (χ0v) is 17.7. The lowest BCUT2D eigenvalue weighted by Gasteiger charge is -2.08. The molecule has 29 heavy (non-hydrogen) atoms. The number of aryl methyl sites for hydroxylation is 1. The average molecular weight is 473 g/mol. The Kier molecular flexibility index (Phi) is 7.03. The van der Waals surface area contributed by atoms with Crippen LogP contribution < -0.4 is 10.9 Å². The molecule has 3 rings (SSSR count). The standard InChI is InChI=1S/C19H13Cl4N3O3/c20-10-2-4-14(22)13(7-10)19(28)26-25-17(27)5-6-18-24-9-16(29-18)12-3-1-11(21)8-15(12)23/h1-4,7-9H,5-6H2,(H,25,27)(H,26,28). The van der Waals surface area contributed by atoms with Crippen LogP contribution in [0.3, 0.4) is 0 Å². The number of rotatable bonds is 5. The number of carbonyl (C=O) groups excluding carboxylic acids is 2. The van der Waals surface area contributed by atoms with Crippen molar-refractivity contribution in [1.82, 2.24) is 15.8 Å². The van der Waals surface area contributed by atoms with Crippen molar-refractivity contribution in [3.05, 3.63) is 74.1 Å². The summed E-state index contributed by atoms with van der Waals surface area (Å²) >= 11 is 23.8. The van der Waals surface area contributed by atoms with Crippen molar-refractivity contribution in [1.29, 1.82) is 0 Å². The smallest absolute Gasteiger partial charge is 0.271 e. The van der Waals surface area contributed by atoms with E-state index in [0.717, 1.165) is 0 Å². The molecule has 1 aromatic heterocycles. The van der Waals surface area contributed by atoms with E-state index in [2.05, 4.69) is 15.8 Å². The van der Waals surface area contributed by atoms with Gasteiger partial charge in [0.05, 0.1) is 21.8 Å². The molecule has 1 heterocycles. The molecular weight excluding hydrogens is 460 g/mol. The van der Waals surface area contributed by atoms with Crippen LogP contribution >= 0.6 is 46.4 Å². The number of amides is 2. The second kappa shape index (κ2) is 9.50. The molecule has 6 nitrogen and oxygen atoms in total. The van der Waals surface area contributed by atoms with Crippen molar-refractivity contribution < 1.29 is 14.0 Å². The van der Waals surface area contributed by atoms with Gasteiger partial charge in [-0.1, -0.05) is 46.4 Å². The fourth-order valence-corrected chi connectivity index (χ4v) is 3.27. The lowest BCUT2D eigenvalue weighted by Crippen LogP contribution is -2.41. The van der Waals surface area contributed by atoms with Gasteiger partial charge in [0.25, 0.3) is 5.91 Å². The first kappa shape index (κ1) is 21.5. The molecule has 0 saturated heterocycles. The van der Waals surface area contributed by atoms with Gasteiger partial charge < -0.3 is 4.42 Å². The molecule has 150 valence electrons. The third-order valence-corrected chi connectivity index (χ3v) is 4.92. The number of benzene rings is 2. The summed E-state index contributed by atoms with van der Waals surface area (Å²) in [6, 6.07) is 9.46. The van der Waals surface area contributed by atoms with Crippen LogP contribution in [0.25, 0.3) is 11.3 Å². The molecule has 2 amide bonds. The van der Waals surface area contributed by atoms with E-state index in [9.17, 15) is 9.59 Å². The molecular formula is C19H13Cl4N3O3. The summed E-state index contributed by atoms with van der Waals surface area (Å²) in [6.45, 7) is 0. The predicted molar refractivity (Wildman–Crippen MR) is 112 cm³/mol. The van der Waals surface area contributed by atoms with Crippen LogP contribution in [0.4, 0.5) is 0 Å². The molecule has 0 spiro atoms. The Bertz CT molecular complexity index is 1070. The van der Waals surface area contributed by atoms with Gasteiger partial charge in [0.1, 0.15) is 0 Å². The summed E-state index contributed by atoms with van der Waals surface area (Å²) < 4.78 is 5.63. The Hall–Kier alpha value is -2.25. The van der Waals surface area contributed by atoms with Crippen molar-refractivity contribution in [2.75, 3.05) is 0 Å². The number of halogens is 4. The van der Waals surface area contributed by atoms with Gasteiger partial charge in [0.2, 0.25) is 5.91 Å². The van der Waals surface area contributed by atoms with Crippen LogP contribution in [0.2, 0.25) is 20.1 Å². The number of hydrogen-bond acceptors (Lipinski definition) is 4. The lowest BCUT2D eigenvalue weighted by molar-refractivity contribution is -0.121. The molecule has 2 N–H and O–H groups in total. The van der Waals surface area contributed by atoms with Gasteiger partial charge in [-0.2, -0.15) is 0 Å². The topological polar surface area (TPSA) is 84.2 Å². The minimum Gasteiger partial charge on any atom is -0.441 e. The van der Waals surface area contributed by atoms with Gasteiger partial charge in [-0.05, 0) is 36.4 Å². The Balaban J connectivity index is 1.53. The summed E-state index contributed by atoms with van der Waals surface area (Å²) in [6.07, 6.45) is 1.79. The van der Waals surface area contributed by atoms with Gasteiger partial charge >= 0.3 is 0 Å². The van der Waals surface area contributed by atoms with Crippen LogP contribution in [0.1, 0.15) is 22.7 Å². The quantitative estimate of drug-likeness (QED) is 0.490. The fraction of sp³-hybridized carbons (Fsp3) is 0.105. The normalized spacial score (nSPS) is 10.6. The highest BCUT2D eigenvalue weighted by Crippen LogP contribution is 2.30. The zero-order valence-electron chi connectivity index (χ0n) is 14.6. The molecule has 0 saturated carbocycles. The first-order valence-electron chi connectivity index (χ1n) is 8.28. The highest BCUT2D eigenvalue weighted by molar-refractivity contribution is 6.36. The van der Waals surface area contributed by atoms with Crippen LogP contribution in [0.5, 0.6) is 0 Å². The van der Waals surface area contributed by atoms with Crippen LogP contribution in [-0.2, 0) is 11.2 Å². The third-order valence-electron chi connectivity index (χ3n) is 3.80. The van der Waals surface area contributed by atoms with Crippen molar-refractivity contribution in [3.63, 3.8) is 0 Å². The largest absolute Gasteiger partial charge is 0.441 e. The Labute approximate surface area is 186 Å². The van der Waals surface area contributed by atoms with Gasteiger partial charge in [-0.15, -0.1) is 0 Å². The molecule has 0 radical (unpaired) electrons. The molecule has 10 heteroatoms. The zero-order chi connectivity index (χ0) is 21.0. The maximum atomic E-state index is 12.1. The number of carbonyl (C=O) groups is 2. The maximum Gasteiger partial charge on any atom is 0.271 e. The van der Waals surface area contributed by atoms with Gasteiger partial charge in [-0.25, -0.2) is 4.98 Å². The molecule has 0 aliphatic heterocycles. The molecule has 0 aliphatic rings. The second-order valence-corrected chi connectivity index (χ2v) is 7.56. The van der Waals surface area contributed by atoms with E-state index in [1.165, 1.54) is 18.3 Å². The number of aromatic nitrogens is 1. The van der Waals surface area contributed by atoms with Crippen molar-refractivity contribution in [2.24, 2.45) is 0 Å². The predicted octanol–water partition coefficient (Wildman–Crippen LogP) is 5.35. The Morgan fingerprint density at radius 2 is 1.66 bits per heavy atom. The van der Waals surface area contributed by atoms with E-state index in [4.69, 9.17) is 50.8 Å². The molecule has 2 aromatic carbocycles. The van der Waals surface area contributed by atoms with Crippen LogP contribution in [-0.4, -0.2) is 16.8 Å². The van der Waals surface area contributed by atoms with E-state index in [1.807, 2.05) is 0 Å². The van der Waals surface area contributed by atoms with E-state index in [1.54, 1.807) is 24.3 Å². The number of hydrogen-bond donors (Lipinski definition) is 2. The summed E-state index contributed by atoms with van der Waals surface area (Å²) in [7, 11) is 0. The van der Waals surface area contributed by atoms with E-state index in [-0.39, 0.29) is 23.4 Å². The van der Waals surface area contributed by atoms with Crippen molar-refractivity contribution >= 4 is 58.2 Å². The molecule has 0 bridgehead atoms. The molecule has 0 atom stereocenters. The number of nitrogens with one attached hydrogen (secondary N) is 2. The number of oxazole rings is 1. The van der Waals surface area contributed by atoms with Crippen LogP contribution in [0.15, 0.2) is 47.0 Å². The lowest BCUT2D eigenvalue weighted by atomic mass is 10.2. The Morgan fingerprint density at radius 3 is 2.41 bits per heavy atom. The minimum absolute atomic E-state index is 0.0395. The summed E-state index contributed by atoms with van der Waals surface area (Å²) in [5.74, 6) is -0.196. The third kappa shape index (κ3) is 5.64. The summed E-state index contributed by atoms with van der Waals surface area (Å²) in [5, 5.41) is 1.51. The minimum atomic E-state index is -0.582. The average Bonchev–Trinajstić information content (AvgIpc) is 3.15. The van der Waals surface area contributed by atoms with E-state index in [0.29, 0.717) is 32.3 Å². The monoisotopic (exact) mass is 471 g/mol. The van der Waals surface area contributed by atoms with E-state index < -0.39 is 11.8 Å². The van der Waals surface area contributed by atoms with Gasteiger partial charge in [0, 0.05) is 28.5 Å². The summed E-state index contributed by atoms with van der Waals surface area (Å²) in [5.41, 5.74) is 5.38. The highest BCUT2D eigenvalue weighted by Gasteiger charge is 2.14. The number of hydrazine groups is 1. The molecule has 0 fully saturated rings. The highest BCUT2D eigenvalue weighted by atomic mass is 35.5. The van der Waals surface area contributed by atoms with Crippen LogP contribution in [0, 0.1) is 0 Å². The molecule has 3 aromatic rings. The van der Waals surface area contributed by atoms with E-state index >= 15 is 0 Å². The maximum absolute atomic E-state index is 12.1. The van der Waals surface area contributed by atoms with Gasteiger partial charge in [0.15, 0.2) is 11.7 Å². The Morgan fingerprint density at radius 1 is 0.931 bits per heavy atom. The first-order chi connectivity index (χ1) is 13.8. The summed E-state index contributed by atoms with van der Waals surface area (Å²) in [4.78, 5) is 28.2. The fourth-order valence-electron chi connectivity index (χ4n) is 2.39.